The first kappa shape index (κ1) is 9.19. The van der Waals surface area contributed by atoms with Gasteiger partial charge < -0.3 is 10.1 Å². The summed E-state index contributed by atoms with van der Waals surface area (Å²) >= 11 is 1.75. The summed E-state index contributed by atoms with van der Waals surface area (Å²) < 4.78 is 5.50. The molecule has 0 aliphatic heterocycles. The monoisotopic (exact) mass is 197 g/mol. The molecular weight excluding hydrogens is 182 g/mol. The van der Waals surface area contributed by atoms with Crippen LogP contribution in [0.25, 0.3) is 0 Å². The van der Waals surface area contributed by atoms with Gasteiger partial charge in [0.05, 0.1) is 13.2 Å². The first-order valence-corrected chi connectivity index (χ1v) is 5.66. The molecule has 1 aromatic heterocycles. The maximum Gasteiger partial charge on any atom is 0.0809 e. The SMILES string of the molecule is c1csc(COCCNC2CC2)c1. The Hall–Kier alpha value is -0.380. The minimum atomic E-state index is 0.768. The second kappa shape index (κ2) is 4.74. The van der Waals surface area contributed by atoms with E-state index in [2.05, 4.69) is 22.8 Å². The molecule has 1 N–H and O–H groups in total. The summed E-state index contributed by atoms with van der Waals surface area (Å²) in [5.74, 6) is 0. The molecule has 0 unspecified atom stereocenters. The lowest BCUT2D eigenvalue weighted by Gasteiger charge is -2.03. The molecule has 2 rings (SSSR count). The van der Waals surface area contributed by atoms with Crippen molar-refractivity contribution in [3.63, 3.8) is 0 Å². The van der Waals surface area contributed by atoms with E-state index in [1.54, 1.807) is 11.3 Å². The molecule has 0 saturated heterocycles. The van der Waals surface area contributed by atoms with Crippen LogP contribution in [0, 0.1) is 0 Å². The summed E-state index contributed by atoms with van der Waals surface area (Å²) in [4.78, 5) is 1.31. The summed E-state index contributed by atoms with van der Waals surface area (Å²) in [5.41, 5.74) is 0. The summed E-state index contributed by atoms with van der Waals surface area (Å²) in [6.07, 6.45) is 2.70. The van der Waals surface area contributed by atoms with Gasteiger partial charge in [-0.05, 0) is 24.3 Å². The van der Waals surface area contributed by atoms with Crippen LogP contribution < -0.4 is 5.32 Å². The van der Waals surface area contributed by atoms with Crippen molar-refractivity contribution in [2.75, 3.05) is 13.2 Å². The predicted octanol–water partition coefficient (Wildman–Crippen LogP) is 2.02. The van der Waals surface area contributed by atoms with Gasteiger partial charge in [-0.1, -0.05) is 6.07 Å². The first-order valence-electron chi connectivity index (χ1n) is 4.78. The van der Waals surface area contributed by atoms with E-state index >= 15 is 0 Å². The predicted molar refractivity (Wildman–Crippen MR) is 55.0 cm³/mol. The number of ether oxygens (including phenoxy) is 1. The second-order valence-electron chi connectivity index (χ2n) is 3.36. The maximum atomic E-state index is 5.50. The highest BCUT2D eigenvalue weighted by Gasteiger charge is 2.19. The molecule has 0 aromatic carbocycles. The number of hydrogen-bond acceptors (Lipinski definition) is 3. The van der Waals surface area contributed by atoms with Crippen LogP contribution in [0.4, 0.5) is 0 Å². The van der Waals surface area contributed by atoms with E-state index in [9.17, 15) is 0 Å². The quantitative estimate of drug-likeness (QED) is 0.704. The molecule has 13 heavy (non-hydrogen) atoms. The third-order valence-electron chi connectivity index (χ3n) is 2.08. The second-order valence-corrected chi connectivity index (χ2v) is 4.39. The van der Waals surface area contributed by atoms with Crippen molar-refractivity contribution < 1.29 is 4.74 Å². The maximum absolute atomic E-state index is 5.50. The van der Waals surface area contributed by atoms with E-state index in [-0.39, 0.29) is 0 Å². The molecule has 0 atom stereocenters. The molecule has 1 aromatic rings. The van der Waals surface area contributed by atoms with Crippen molar-refractivity contribution in [3.8, 4) is 0 Å². The van der Waals surface area contributed by atoms with Gasteiger partial charge in [-0.15, -0.1) is 11.3 Å². The Morgan fingerprint density at radius 2 is 2.46 bits per heavy atom. The average molecular weight is 197 g/mol. The molecule has 1 aliphatic rings. The van der Waals surface area contributed by atoms with Crippen LogP contribution in [0.15, 0.2) is 17.5 Å². The molecule has 2 nitrogen and oxygen atoms in total. The zero-order chi connectivity index (χ0) is 8.93. The van der Waals surface area contributed by atoms with Crippen LogP contribution >= 0.6 is 11.3 Å². The van der Waals surface area contributed by atoms with Crippen LogP contribution in [-0.4, -0.2) is 19.2 Å². The lowest BCUT2D eigenvalue weighted by Crippen LogP contribution is -2.21. The van der Waals surface area contributed by atoms with Gasteiger partial charge in [-0.3, -0.25) is 0 Å². The lowest BCUT2D eigenvalue weighted by molar-refractivity contribution is 0.124. The molecule has 0 radical (unpaired) electrons. The van der Waals surface area contributed by atoms with Gasteiger partial charge in [0.25, 0.3) is 0 Å². The minimum absolute atomic E-state index is 0.768. The van der Waals surface area contributed by atoms with Gasteiger partial charge in [0.15, 0.2) is 0 Å². The van der Waals surface area contributed by atoms with Gasteiger partial charge in [-0.25, -0.2) is 0 Å². The highest BCUT2D eigenvalue weighted by Crippen LogP contribution is 2.18. The van der Waals surface area contributed by atoms with Gasteiger partial charge in [0, 0.05) is 17.5 Å². The summed E-state index contributed by atoms with van der Waals surface area (Å²) in [7, 11) is 0. The van der Waals surface area contributed by atoms with Crippen molar-refractivity contribution in [2.24, 2.45) is 0 Å². The number of thiophene rings is 1. The van der Waals surface area contributed by atoms with Crippen LogP contribution in [0.1, 0.15) is 17.7 Å². The molecule has 1 saturated carbocycles. The molecule has 1 fully saturated rings. The Labute approximate surface area is 82.9 Å². The zero-order valence-electron chi connectivity index (χ0n) is 7.66. The molecule has 1 aliphatic carbocycles. The van der Waals surface area contributed by atoms with Crippen molar-refractivity contribution in [3.05, 3.63) is 22.4 Å². The Bertz CT molecular complexity index is 231. The summed E-state index contributed by atoms with van der Waals surface area (Å²) in [6.45, 7) is 2.59. The molecule has 3 heteroatoms. The molecular formula is C10H15NOS. The highest BCUT2D eigenvalue weighted by molar-refractivity contribution is 7.09. The average Bonchev–Trinajstić information content (AvgIpc) is 2.81. The Morgan fingerprint density at radius 3 is 3.15 bits per heavy atom. The van der Waals surface area contributed by atoms with Crippen molar-refractivity contribution in [2.45, 2.75) is 25.5 Å². The summed E-state index contributed by atoms with van der Waals surface area (Å²) in [6, 6.07) is 4.97. The van der Waals surface area contributed by atoms with E-state index in [1.165, 1.54) is 17.7 Å². The minimum Gasteiger partial charge on any atom is -0.375 e. The molecule has 0 spiro atoms. The van der Waals surface area contributed by atoms with Crippen LogP contribution in [0.3, 0.4) is 0 Å². The molecule has 72 valence electrons. The highest BCUT2D eigenvalue weighted by atomic mass is 32.1. The topological polar surface area (TPSA) is 21.3 Å². The fraction of sp³-hybridized carbons (Fsp3) is 0.600. The fourth-order valence-electron chi connectivity index (χ4n) is 1.19. The standard InChI is InChI=1S/C10H15NOS/c1-2-10(13-7-1)8-12-6-5-11-9-3-4-9/h1-2,7,9,11H,3-6,8H2. The van der Waals surface area contributed by atoms with Crippen LogP contribution in [0.2, 0.25) is 0 Å². The van der Waals surface area contributed by atoms with E-state index in [1.807, 2.05) is 0 Å². The Balaban J connectivity index is 1.48. The van der Waals surface area contributed by atoms with Crippen molar-refractivity contribution in [1.29, 1.82) is 0 Å². The van der Waals surface area contributed by atoms with E-state index in [0.717, 1.165) is 25.8 Å². The van der Waals surface area contributed by atoms with Gasteiger partial charge >= 0.3 is 0 Å². The number of rotatable bonds is 6. The third kappa shape index (κ3) is 3.46. The lowest BCUT2D eigenvalue weighted by atomic mass is 10.5. The zero-order valence-corrected chi connectivity index (χ0v) is 8.48. The van der Waals surface area contributed by atoms with Gasteiger partial charge in [0.2, 0.25) is 0 Å². The normalized spacial score (nSPS) is 16.3. The first-order chi connectivity index (χ1) is 6.45. The van der Waals surface area contributed by atoms with Gasteiger partial charge in [0.1, 0.15) is 0 Å². The largest absolute Gasteiger partial charge is 0.375 e. The Morgan fingerprint density at radius 1 is 1.54 bits per heavy atom. The van der Waals surface area contributed by atoms with Crippen LogP contribution in [-0.2, 0) is 11.3 Å². The smallest absolute Gasteiger partial charge is 0.0809 e. The van der Waals surface area contributed by atoms with E-state index in [0.29, 0.717) is 0 Å². The molecule has 1 heterocycles. The summed E-state index contributed by atoms with van der Waals surface area (Å²) in [5, 5.41) is 5.50. The number of nitrogens with one attached hydrogen (secondary N) is 1. The number of hydrogen-bond donors (Lipinski definition) is 1. The molecule has 0 bridgehead atoms. The Kier molecular flexibility index (Phi) is 3.35. The van der Waals surface area contributed by atoms with E-state index < -0.39 is 0 Å². The van der Waals surface area contributed by atoms with Crippen LogP contribution in [0.5, 0.6) is 0 Å². The molecule has 0 amide bonds. The van der Waals surface area contributed by atoms with E-state index in [4.69, 9.17) is 4.74 Å². The van der Waals surface area contributed by atoms with Gasteiger partial charge in [-0.2, -0.15) is 0 Å². The fourth-order valence-corrected chi connectivity index (χ4v) is 1.83. The third-order valence-corrected chi connectivity index (χ3v) is 2.93. The van der Waals surface area contributed by atoms with Crippen molar-refractivity contribution >= 4 is 11.3 Å². The van der Waals surface area contributed by atoms with Crippen molar-refractivity contribution in [1.82, 2.24) is 5.32 Å².